The van der Waals surface area contributed by atoms with Gasteiger partial charge in [-0.25, -0.2) is 4.79 Å². The van der Waals surface area contributed by atoms with E-state index in [1.54, 1.807) is 6.26 Å². The first-order chi connectivity index (χ1) is 12.2. The summed E-state index contributed by atoms with van der Waals surface area (Å²) in [4.78, 5) is 12.1. The standard InChI is InChI=1S/C19H24N2O4/c22-17-8-6-15(7-9-17)20-19(23)21-16-4-1-3-14(11-16)12-24-13-18-5-2-10-25-18/h1-5,10-11,15,17,22H,6-9,12-13H2,(H2,20,21,23). The first kappa shape index (κ1) is 17.5. The molecule has 0 aliphatic heterocycles. The van der Waals surface area contributed by atoms with Crippen molar-refractivity contribution in [2.45, 2.75) is 51.0 Å². The fourth-order valence-corrected chi connectivity index (χ4v) is 2.98. The lowest BCUT2D eigenvalue weighted by molar-refractivity contribution is 0.0930. The quantitative estimate of drug-likeness (QED) is 0.750. The third-order valence-electron chi connectivity index (χ3n) is 4.31. The van der Waals surface area contributed by atoms with Gasteiger partial charge in [0.05, 0.1) is 19.0 Å². The largest absolute Gasteiger partial charge is 0.467 e. The van der Waals surface area contributed by atoms with Gasteiger partial charge in [-0.3, -0.25) is 0 Å². The van der Waals surface area contributed by atoms with Crippen molar-refractivity contribution in [2.24, 2.45) is 0 Å². The molecule has 0 spiro atoms. The molecule has 1 fully saturated rings. The lowest BCUT2D eigenvalue weighted by Crippen LogP contribution is -2.40. The second-order valence-corrected chi connectivity index (χ2v) is 6.38. The number of nitrogens with one attached hydrogen (secondary N) is 2. The Balaban J connectivity index is 1.45. The van der Waals surface area contributed by atoms with Crippen LogP contribution in [0.5, 0.6) is 0 Å². The van der Waals surface area contributed by atoms with E-state index in [0.29, 0.717) is 13.2 Å². The third-order valence-corrected chi connectivity index (χ3v) is 4.31. The van der Waals surface area contributed by atoms with Crippen LogP contribution in [0.3, 0.4) is 0 Å². The number of rotatable bonds is 6. The second kappa shape index (κ2) is 8.69. The van der Waals surface area contributed by atoms with Crippen LogP contribution in [0, 0.1) is 0 Å². The Morgan fingerprint density at radius 3 is 2.76 bits per heavy atom. The molecule has 1 heterocycles. The van der Waals surface area contributed by atoms with Gasteiger partial charge in [0.1, 0.15) is 12.4 Å². The van der Waals surface area contributed by atoms with Gasteiger partial charge in [-0.1, -0.05) is 12.1 Å². The first-order valence-corrected chi connectivity index (χ1v) is 8.63. The van der Waals surface area contributed by atoms with E-state index in [9.17, 15) is 9.90 Å². The van der Waals surface area contributed by atoms with Gasteiger partial charge in [0.2, 0.25) is 0 Å². The summed E-state index contributed by atoms with van der Waals surface area (Å²) in [5.74, 6) is 0.784. The predicted molar refractivity (Wildman–Crippen MR) is 94.1 cm³/mol. The number of benzene rings is 1. The van der Waals surface area contributed by atoms with Gasteiger partial charge in [0.25, 0.3) is 0 Å². The van der Waals surface area contributed by atoms with Crippen LogP contribution in [0.25, 0.3) is 0 Å². The van der Waals surface area contributed by atoms with Crippen molar-refractivity contribution in [1.29, 1.82) is 0 Å². The summed E-state index contributed by atoms with van der Waals surface area (Å²) < 4.78 is 10.8. The van der Waals surface area contributed by atoms with Gasteiger partial charge in [0.15, 0.2) is 0 Å². The number of ether oxygens (including phenoxy) is 1. The van der Waals surface area contributed by atoms with Crippen molar-refractivity contribution in [3.63, 3.8) is 0 Å². The molecule has 1 aromatic heterocycles. The molecule has 6 heteroatoms. The highest BCUT2D eigenvalue weighted by atomic mass is 16.5. The van der Waals surface area contributed by atoms with Crippen molar-refractivity contribution in [1.82, 2.24) is 5.32 Å². The minimum Gasteiger partial charge on any atom is -0.467 e. The fourth-order valence-electron chi connectivity index (χ4n) is 2.98. The number of amides is 2. The molecule has 3 N–H and O–H groups in total. The molecule has 25 heavy (non-hydrogen) atoms. The average Bonchev–Trinajstić information content (AvgIpc) is 3.11. The number of aliphatic hydroxyl groups is 1. The molecule has 6 nitrogen and oxygen atoms in total. The fraction of sp³-hybridized carbons (Fsp3) is 0.421. The molecule has 3 rings (SSSR count). The molecule has 2 amide bonds. The van der Waals surface area contributed by atoms with Crippen molar-refractivity contribution < 1.29 is 19.1 Å². The molecule has 134 valence electrons. The maximum absolute atomic E-state index is 12.1. The van der Waals surface area contributed by atoms with Crippen molar-refractivity contribution >= 4 is 11.7 Å². The van der Waals surface area contributed by atoms with Gasteiger partial charge >= 0.3 is 6.03 Å². The summed E-state index contributed by atoms with van der Waals surface area (Å²) in [7, 11) is 0. The number of hydrogen-bond donors (Lipinski definition) is 3. The Kier molecular flexibility index (Phi) is 6.09. The molecule has 2 aromatic rings. The predicted octanol–water partition coefficient (Wildman–Crippen LogP) is 3.42. The van der Waals surface area contributed by atoms with E-state index in [1.807, 2.05) is 36.4 Å². The number of carbonyl (C=O) groups is 1. The summed E-state index contributed by atoms with van der Waals surface area (Å²) in [6.45, 7) is 0.858. The molecule has 0 bridgehead atoms. The minimum atomic E-state index is -0.223. The number of aliphatic hydroxyl groups excluding tert-OH is 1. The zero-order valence-electron chi connectivity index (χ0n) is 14.1. The van der Waals surface area contributed by atoms with Crippen LogP contribution in [-0.4, -0.2) is 23.3 Å². The topological polar surface area (TPSA) is 83.7 Å². The van der Waals surface area contributed by atoms with Crippen LogP contribution in [-0.2, 0) is 18.0 Å². The number of carbonyl (C=O) groups excluding carboxylic acids is 1. The first-order valence-electron chi connectivity index (χ1n) is 8.63. The zero-order chi connectivity index (χ0) is 17.5. The summed E-state index contributed by atoms with van der Waals surface area (Å²) in [6, 6.07) is 11.2. The van der Waals surface area contributed by atoms with Crippen molar-refractivity contribution in [3.05, 3.63) is 54.0 Å². The minimum absolute atomic E-state index is 0.128. The maximum atomic E-state index is 12.1. The third kappa shape index (κ3) is 5.62. The van der Waals surface area contributed by atoms with Gasteiger partial charge in [-0.15, -0.1) is 0 Å². The van der Waals surface area contributed by atoms with E-state index < -0.39 is 0 Å². The van der Waals surface area contributed by atoms with Crippen LogP contribution in [0.4, 0.5) is 10.5 Å². The highest BCUT2D eigenvalue weighted by Crippen LogP contribution is 2.18. The van der Waals surface area contributed by atoms with E-state index in [4.69, 9.17) is 9.15 Å². The molecule has 1 aromatic carbocycles. The molecule has 0 radical (unpaired) electrons. The number of anilines is 1. The molecule has 0 atom stereocenters. The van der Waals surface area contributed by atoms with Crippen LogP contribution in [0.1, 0.15) is 37.0 Å². The molecular weight excluding hydrogens is 320 g/mol. The summed E-state index contributed by atoms with van der Waals surface area (Å²) in [6.07, 6.45) is 4.51. The Labute approximate surface area is 147 Å². The van der Waals surface area contributed by atoms with Crippen molar-refractivity contribution in [3.8, 4) is 0 Å². The Morgan fingerprint density at radius 1 is 1.16 bits per heavy atom. The van der Waals surface area contributed by atoms with Gasteiger partial charge in [0, 0.05) is 11.7 Å². The molecule has 1 aliphatic carbocycles. The normalized spacial score (nSPS) is 20.2. The smallest absolute Gasteiger partial charge is 0.319 e. The number of furan rings is 1. The number of hydrogen-bond acceptors (Lipinski definition) is 4. The van der Waals surface area contributed by atoms with Crippen LogP contribution >= 0.6 is 0 Å². The van der Waals surface area contributed by atoms with Gasteiger partial charge < -0.3 is 24.9 Å². The molecule has 1 saturated carbocycles. The summed E-state index contributed by atoms with van der Waals surface area (Å²) >= 11 is 0. The van der Waals surface area contributed by atoms with Gasteiger partial charge in [-0.05, 0) is 55.5 Å². The maximum Gasteiger partial charge on any atom is 0.319 e. The zero-order valence-corrected chi connectivity index (χ0v) is 14.1. The van der Waals surface area contributed by atoms with E-state index in [-0.39, 0.29) is 18.2 Å². The summed E-state index contributed by atoms with van der Waals surface area (Å²) in [5.41, 5.74) is 1.71. The SMILES string of the molecule is O=C(Nc1cccc(COCc2ccco2)c1)NC1CCC(O)CC1. The van der Waals surface area contributed by atoms with Crippen LogP contribution < -0.4 is 10.6 Å². The Morgan fingerprint density at radius 2 is 2.00 bits per heavy atom. The summed E-state index contributed by atoms with van der Waals surface area (Å²) in [5, 5.41) is 15.3. The van der Waals surface area contributed by atoms with E-state index in [2.05, 4.69) is 10.6 Å². The number of urea groups is 1. The highest BCUT2D eigenvalue weighted by molar-refractivity contribution is 5.89. The van der Waals surface area contributed by atoms with E-state index in [0.717, 1.165) is 42.7 Å². The molecule has 0 unspecified atom stereocenters. The average molecular weight is 344 g/mol. The van der Waals surface area contributed by atoms with Crippen LogP contribution in [0.2, 0.25) is 0 Å². The molecule has 0 saturated heterocycles. The van der Waals surface area contributed by atoms with Crippen molar-refractivity contribution in [2.75, 3.05) is 5.32 Å². The Bertz CT molecular complexity index is 664. The molecular formula is C19H24N2O4. The monoisotopic (exact) mass is 344 g/mol. The van der Waals surface area contributed by atoms with Crippen LogP contribution in [0.15, 0.2) is 47.1 Å². The highest BCUT2D eigenvalue weighted by Gasteiger charge is 2.20. The lowest BCUT2D eigenvalue weighted by atomic mass is 9.93. The van der Waals surface area contributed by atoms with E-state index in [1.165, 1.54) is 0 Å². The Hall–Kier alpha value is -2.31. The lowest BCUT2D eigenvalue weighted by Gasteiger charge is -2.26. The molecule has 1 aliphatic rings. The second-order valence-electron chi connectivity index (χ2n) is 6.38. The van der Waals surface area contributed by atoms with E-state index >= 15 is 0 Å². The van der Waals surface area contributed by atoms with Gasteiger partial charge in [-0.2, -0.15) is 0 Å².